The molecule has 0 saturated carbocycles. The third-order valence-corrected chi connectivity index (χ3v) is 4.13. The second-order valence-corrected chi connectivity index (χ2v) is 6.09. The molecular weight excluding hydrogens is 230 g/mol. The maximum atomic E-state index is 6.55. The largest absolute Gasteiger partial charge is 0.252 e. The van der Waals surface area contributed by atoms with Crippen molar-refractivity contribution in [3.05, 3.63) is 40.5 Å². The summed E-state index contributed by atoms with van der Waals surface area (Å²) in [7, 11) is 0. The van der Waals surface area contributed by atoms with Crippen LogP contribution in [0.3, 0.4) is 0 Å². The lowest BCUT2D eigenvalue weighted by molar-refractivity contribution is 0.313. The summed E-state index contributed by atoms with van der Waals surface area (Å²) in [5, 5.41) is 2.00. The molecule has 88 valence electrons. The van der Waals surface area contributed by atoms with Gasteiger partial charge in [-0.05, 0) is 36.3 Å². The Morgan fingerprint density at radius 2 is 2.00 bits per heavy atom. The first-order valence-corrected chi connectivity index (χ1v) is 6.51. The van der Waals surface area contributed by atoms with Gasteiger partial charge in [0.15, 0.2) is 0 Å². The van der Waals surface area contributed by atoms with Crippen LogP contribution < -0.4 is 0 Å². The number of aromatic nitrogens is 1. The van der Waals surface area contributed by atoms with Crippen molar-refractivity contribution in [3.8, 4) is 0 Å². The molecule has 1 aliphatic rings. The molecule has 1 aromatic carbocycles. The molecule has 1 aromatic heterocycles. The van der Waals surface area contributed by atoms with Crippen LogP contribution in [-0.2, 0) is 12.8 Å². The Labute approximate surface area is 107 Å². The lowest BCUT2D eigenvalue weighted by Gasteiger charge is -2.31. The van der Waals surface area contributed by atoms with E-state index < -0.39 is 0 Å². The molecule has 0 aliphatic heterocycles. The molecule has 0 saturated heterocycles. The fourth-order valence-corrected chi connectivity index (χ4v) is 3.00. The summed E-state index contributed by atoms with van der Waals surface area (Å²) in [6, 6.07) is 8.15. The van der Waals surface area contributed by atoms with E-state index in [0.717, 1.165) is 28.8 Å². The molecule has 2 heteroatoms. The van der Waals surface area contributed by atoms with E-state index in [0.29, 0.717) is 5.41 Å². The van der Waals surface area contributed by atoms with Crippen molar-refractivity contribution in [2.45, 2.75) is 33.1 Å². The molecule has 0 fully saturated rings. The van der Waals surface area contributed by atoms with Crippen LogP contribution in [0.2, 0.25) is 5.02 Å². The number of benzene rings is 1. The van der Waals surface area contributed by atoms with Gasteiger partial charge in [0.2, 0.25) is 0 Å². The van der Waals surface area contributed by atoms with E-state index in [1.54, 1.807) is 0 Å². The van der Waals surface area contributed by atoms with E-state index in [1.165, 1.54) is 17.7 Å². The summed E-state index contributed by atoms with van der Waals surface area (Å²) >= 11 is 6.55. The molecule has 17 heavy (non-hydrogen) atoms. The number of hydrogen-bond donors (Lipinski definition) is 0. The number of pyridine rings is 1. The van der Waals surface area contributed by atoms with Gasteiger partial charge < -0.3 is 0 Å². The maximum Gasteiger partial charge on any atom is 0.0720 e. The van der Waals surface area contributed by atoms with E-state index in [4.69, 9.17) is 16.6 Å². The highest BCUT2D eigenvalue weighted by atomic mass is 35.5. The monoisotopic (exact) mass is 245 g/mol. The summed E-state index contributed by atoms with van der Waals surface area (Å²) in [5.41, 5.74) is 3.84. The van der Waals surface area contributed by atoms with Crippen molar-refractivity contribution in [3.63, 3.8) is 0 Å². The van der Waals surface area contributed by atoms with Crippen LogP contribution in [0, 0.1) is 5.41 Å². The third kappa shape index (κ3) is 1.83. The first-order chi connectivity index (χ1) is 8.07. The number of hydrogen-bond acceptors (Lipinski definition) is 1. The quantitative estimate of drug-likeness (QED) is 0.670. The molecule has 0 unspecified atom stereocenters. The standard InChI is InChI=1S/C15H16ClN/c1-15(2)8-7-13-11(9-15)14(16)10-5-3-4-6-12(10)17-13/h3-6H,7-9H2,1-2H3. The minimum atomic E-state index is 0.348. The van der Waals surface area contributed by atoms with Crippen LogP contribution in [-0.4, -0.2) is 4.98 Å². The molecule has 1 heterocycles. The highest BCUT2D eigenvalue weighted by Crippen LogP contribution is 2.39. The zero-order chi connectivity index (χ0) is 12.0. The summed E-state index contributed by atoms with van der Waals surface area (Å²) in [6.45, 7) is 4.61. The Balaban J connectivity index is 2.26. The molecule has 3 rings (SSSR count). The number of para-hydroxylation sites is 1. The zero-order valence-electron chi connectivity index (χ0n) is 10.3. The average molecular weight is 246 g/mol. The van der Waals surface area contributed by atoms with Gasteiger partial charge in [0.25, 0.3) is 0 Å². The fourth-order valence-electron chi connectivity index (χ4n) is 2.67. The van der Waals surface area contributed by atoms with Crippen LogP contribution in [0.4, 0.5) is 0 Å². The lowest BCUT2D eigenvalue weighted by Crippen LogP contribution is -2.23. The number of nitrogens with zero attached hydrogens (tertiary/aromatic N) is 1. The first kappa shape index (κ1) is 11.0. The van der Waals surface area contributed by atoms with Gasteiger partial charge in [-0.25, -0.2) is 0 Å². The van der Waals surface area contributed by atoms with E-state index in [1.807, 2.05) is 18.2 Å². The summed E-state index contributed by atoms with van der Waals surface area (Å²) in [4.78, 5) is 4.76. The zero-order valence-corrected chi connectivity index (χ0v) is 11.0. The molecule has 0 bridgehead atoms. The van der Waals surface area contributed by atoms with Crippen molar-refractivity contribution < 1.29 is 0 Å². The normalized spacial score (nSPS) is 18.1. The molecule has 2 aromatic rings. The van der Waals surface area contributed by atoms with E-state index in [2.05, 4.69) is 19.9 Å². The SMILES string of the molecule is CC1(C)CCc2nc3ccccc3c(Cl)c2C1. The van der Waals surface area contributed by atoms with Crippen molar-refractivity contribution in [2.24, 2.45) is 5.41 Å². The van der Waals surface area contributed by atoms with Crippen LogP contribution in [0.25, 0.3) is 10.9 Å². The average Bonchev–Trinajstić information content (AvgIpc) is 2.30. The molecule has 1 nitrogen and oxygen atoms in total. The Morgan fingerprint density at radius 3 is 2.82 bits per heavy atom. The van der Waals surface area contributed by atoms with Crippen molar-refractivity contribution in [2.75, 3.05) is 0 Å². The number of aryl methyl sites for hydroxylation is 1. The lowest BCUT2D eigenvalue weighted by atomic mass is 9.76. The van der Waals surface area contributed by atoms with Gasteiger partial charge in [0.05, 0.1) is 10.5 Å². The van der Waals surface area contributed by atoms with Crippen LogP contribution in [0.5, 0.6) is 0 Å². The van der Waals surface area contributed by atoms with E-state index in [9.17, 15) is 0 Å². The van der Waals surface area contributed by atoms with Gasteiger partial charge in [0, 0.05) is 11.1 Å². The predicted molar refractivity (Wildman–Crippen MR) is 72.6 cm³/mol. The van der Waals surface area contributed by atoms with E-state index in [-0.39, 0.29) is 0 Å². The van der Waals surface area contributed by atoms with Gasteiger partial charge in [-0.3, -0.25) is 4.98 Å². The maximum absolute atomic E-state index is 6.55. The molecule has 0 radical (unpaired) electrons. The molecule has 0 N–H and O–H groups in total. The van der Waals surface area contributed by atoms with Gasteiger partial charge in [-0.2, -0.15) is 0 Å². The van der Waals surface area contributed by atoms with Crippen molar-refractivity contribution in [1.29, 1.82) is 0 Å². The Hall–Kier alpha value is -1.08. The van der Waals surface area contributed by atoms with Gasteiger partial charge >= 0.3 is 0 Å². The minimum Gasteiger partial charge on any atom is -0.252 e. The Kier molecular flexibility index (Phi) is 2.41. The number of rotatable bonds is 0. The van der Waals surface area contributed by atoms with E-state index >= 15 is 0 Å². The highest BCUT2D eigenvalue weighted by Gasteiger charge is 2.28. The third-order valence-electron chi connectivity index (χ3n) is 3.70. The number of halogens is 1. The van der Waals surface area contributed by atoms with Crippen LogP contribution in [0.1, 0.15) is 31.5 Å². The molecular formula is C15H16ClN. The smallest absolute Gasteiger partial charge is 0.0720 e. The van der Waals surface area contributed by atoms with Gasteiger partial charge in [-0.15, -0.1) is 0 Å². The fraction of sp³-hybridized carbons (Fsp3) is 0.400. The summed E-state index contributed by atoms with van der Waals surface area (Å²) in [5.74, 6) is 0. The molecule has 0 atom stereocenters. The highest BCUT2D eigenvalue weighted by molar-refractivity contribution is 6.36. The second-order valence-electron chi connectivity index (χ2n) is 5.71. The molecule has 0 amide bonds. The van der Waals surface area contributed by atoms with Gasteiger partial charge in [-0.1, -0.05) is 43.6 Å². The minimum absolute atomic E-state index is 0.348. The first-order valence-electron chi connectivity index (χ1n) is 6.13. The Bertz CT molecular complexity index is 587. The number of fused-ring (bicyclic) bond motifs is 2. The molecule has 1 aliphatic carbocycles. The topological polar surface area (TPSA) is 12.9 Å². The summed E-state index contributed by atoms with van der Waals surface area (Å²) < 4.78 is 0. The van der Waals surface area contributed by atoms with Gasteiger partial charge in [0.1, 0.15) is 0 Å². The van der Waals surface area contributed by atoms with Crippen LogP contribution >= 0.6 is 11.6 Å². The Morgan fingerprint density at radius 1 is 1.24 bits per heavy atom. The molecule has 0 spiro atoms. The second kappa shape index (κ2) is 3.71. The predicted octanol–water partition coefficient (Wildman–Crippen LogP) is 4.40. The van der Waals surface area contributed by atoms with Crippen LogP contribution in [0.15, 0.2) is 24.3 Å². The van der Waals surface area contributed by atoms with Crippen molar-refractivity contribution in [1.82, 2.24) is 4.98 Å². The van der Waals surface area contributed by atoms with Crippen molar-refractivity contribution >= 4 is 22.5 Å². The summed E-state index contributed by atoms with van der Waals surface area (Å²) in [6.07, 6.45) is 3.29.